The summed E-state index contributed by atoms with van der Waals surface area (Å²) in [6, 6.07) is -0.0561. The molecule has 0 aliphatic carbocycles. The Kier molecular flexibility index (Phi) is 14.4. The first-order valence-electron chi connectivity index (χ1n) is 17.9. The van der Waals surface area contributed by atoms with Gasteiger partial charge in [0.05, 0.1) is 31.7 Å². The number of anilines is 2. The van der Waals surface area contributed by atoms with Crippen LogP contribution in [0.25, 0.3) is 11.2 Å². The number of aliphatic hydroxyl groups is 1. The molecular weight excluding hydrogens is 828 g/mol. The Morgan fingerprint density at radius 1 is 1.10 bits per heavy atom. The van der Waals surface area contributed by atoms with Crippen molar-refractivity contribution >= 4 is 50.3 Å². The number of nitrogen functional groups attached to an aromatic ring is 2. The van der Waals surface area contributed by atoms with E-state index in [0.29, 0.717) is 6.42 Å². The number of carbonyl (C=O) groups is 2. The van der Waals surface area contributed by atoms with Crippen LogP contribution in [0.4, 0.5) is 11.6 Å². The lowest BCUT2D eigenvalue weighted by Crippen LogP contribution is -2.50. The molecule has 9 atom stereocenters. The van der Waals surface area contributed by atoms with Gasteiger partial charge < -0.3 is 55.1 Å². The third kappa shape index (κ3) is 11.7. The largest absolute Gasteiger partial charge is 0.472 e. The zero-order chi connectivity index (χ0) is 43.4. The van der Waals surface area contributed by atoms with Gasteiger partial charge in [0.25, 0.3) is 0 Å². The molecule has 0 bridgehead atoms. The number of phosphoric acid groups is 2. The van der Waals surface area contributed by atoms with Crippen molar-refractivity contribution in [1.82, 2.24) is 34.0 Å². The van der Waals surface area contributed by atoms with E-state index in [0.717, 1.165) is 15.8 Å². The van der Waals surface area contributed by atoms with E-state index >= 15 is 0 Å². The van der Waals surface area contributed by atoms with Crippen molar-refractivity contribution in [1.29, 1.82) is 0 Å². The maximum absolute atomic E-state index is 13.9. The Morgan fingerprint density at radius 3 is 2.47 bits per heavy atom. The SMILES string of the molecule is C=CCCC(=O)N(C)[C@@H](COC(C)(C)C)C(=O)O[C@@H]1[C@@H](COP(=O)(O)OC2CC(n3ccc(N)nc3=O)O[C@@H]2COP(=O)(O)O)OC(n2cnc3c(N)ncnc32)[C@@H]1O. The number of rotatable bonds is 18. The van der Waals surface area contributed by atoms with Gasteiger partial charge in [0, 0.05) is 26.1 Å². The second-order valence-corrected chi connectivity index (χ2v) is 17.1. The van der Waals surface area contributed by atoms with Crippen LogP contribution >= 0.6 is 15.6 Å². The lowest BCUT2D eigenvalue weighted by molar-refractivity contribution is -0.169. The van der Waals surface area contributed by atoms with E-state index in [1.165, 1.54) is 36.3 Å². The number of nitrogens with two attached hydrogens (primary N) is 2. The zero-order valence-electron chi connectivity index (χ0n) is 32.3. The summed E-state index contributed by atoms with van der Waals surface area (Å²) >= 11 is 0. The van der Waals surface area contributed by atoms with Crippen molar-refractivity contribution in [3.05, 3.63) is 48.1 Å². The van der Waals surface area contributed by atoms with Gasteiger partial charge in [-0.2, -0.15) is 4.98 Å². The predicted octanol–water partition coefficient (Wildman–Crippen LogP) is -0.0750. The molecule has 2 fully saturated rings. The summed E-state index contributed by atoms with van der Waals surface area (Å²) in [6.45, 7) is 6.78. The summed E-state index contributed by atoms with van der Waals surface area (Å²) in [5, 5.41) is 11.7. The molecule has 5 rings (SSSR count). The highest BCUT2D eigenvalue weighted by Gasteiger charge is 2.50. The summed E-state index contributed by atoms with van der Waals surface area (Å²) < 4.78 is 66.0. The molecule has 25 nitrogen and oxygen atoms in total. The molecule has 4 unspecified atom stereocenters. The number of aromatic nitrogens is 6. The second-order valence-electron chi connectivity index (χ2n) is 14.4. The third-order valence-electron chi connectivity index (χ3n) is 9.01. The van der Waals surface area contributed by atoms with E-state index in [4.69, 9.17) is 39.5 Å². The van der Waals surface area contributed by atoms with Gasteiger partial charge in [-0.3, -0.25) is 27.5 Å². The van der Waals surface area contributed by atoms with Gasteiger partial charge in [-0.05, 0) is 33.3 Å². The van der Waals surface area contributed by atoms with Crippen LogP contribution in [0.15, 0.2) is 42.4 Å². The number of carbonyl (C=O) groups excluding carboxylic acids is 2. The van der Waals surface area contributed by atoms with E-state index in [9.17, 15) is 43.3 Å². The number of hydrogen-bond acceptors (Lipinski definition) is 19. The minimum absolute atomic E-state index is 0.00785. The highest BCUT2D eigenvalue weighted by atomic mass is 31.2. The van der Waals surface area contributed by atoms with Crippen molar-refractivity contribution in [3.8, 4) is 0 Å². The van der Waals surface area contributed by atoms with Crippen LogP contribution in [-0.4, -0.2) is 135 Å². The predicted molar refractivity (Wildman–Crippen MR) is 201 cm³/mol. The molecule has 2 saturated heterocycles. The van der Waals surface area contributed by atoms with Crippen LogP contribution in [0, 0.1) is 0 Å². The van der Waals surface area contributed by atoms with Gasteiger partial charge in [0.15, 0.2) is 29.8 Å². The van der Waals surface area contributed by atoms with Crippen molar-refractivity contribution in [2.24, 2.45) is 0 Å². The number of fused-ring (bicyclic) bond motifs is 1. The molecule has 326 valence electrons. The zero-order valence-corrected chi connectivity index (χ0v) is 34.1. The summed E-state index contributed by atoms with van der Waals surface area (Å²) in [7, 11) is -8.91. The molecule has 8 N–H and O–H groups in total. The lowest BCUT2D eigenvalue weighted by atomic mass is 10.1. The first-order chi connectivity index (χ1) is 27.6. The number of hydrogen-bond donors (Lipinski definition) is 6. The molecule has 59 heavy (non-hydrogen) atoms. The van der Waals surface area contributed by atoms with Gasteiger partial charge in [0.1, 0.15) is 48.3 Å². The van der Waals surface area contributed by atoms with E-state index in [1.54, 1.807) is 20.8 Å². The van der Waals surface area contributed by atoms with Gasteiger partial charge in [0.2, 0.25) is 5.91 Å². The van der Waals surface area contributed by atoms with Crippen LogP contribution in [0.1, 0.15) is 52.5 Å². The van der Waals surface area contributed by atoms with Crippen molar-refractivity contribution in [2.75, 3.05) is 38.3 Å². The number of likely N-dealkylation sites (N-methyl/N-ethyl adjacent to an activating group) is 1. The summed E-state index contributed by atoms with van der Waals surface area (Å²) in [6.07, 6.45) is -5.31. The van der Waals surface area contributed by atoms with Crippen molar-refractivity contribution in [3.63, 3.8) is 0 Å². The average molecular weight is 876 g/mol. The summed E-state index contributed by atoms with van der Waals surface area (Å²) in [5.41, 5.74) is 10.2. The quantitative estimate of drug-likeness (QED) is 0.0553. The highest BCUT2D eigenvalue weighted by molar-refractivity contribution is 7.47. The molecule has 3 aromatic heterocycles. The van der Waals surface area contributed by atoms with Crippen LogP contribution in [0.2, 0.25) is 0 Å². The highest BCUT2D eigenvalue weighted by Crippen LogP contribution is 2.50. The van der Waals surface area contributed by atoms with Crippen LogP contribution in [0.5, 0.6) is 0 Å². The van der Waals surface area contributed by atoms with Crippen LogP contribution < -0.4 is 17.2 Å². The molecular formula is C32H47N9O16P2. The molecule has 0 spiro atoms. The van der Waals surface area contributed by atoms with Gasteiger partial charge in [-0.25, -0.2) is 33.7 Å². The number of nitrogens with zero attached hydrogens (tertiary/aromatic N) is 7. The molecule has 2 aliphatic heterocycles. The number of ether oxygens (including phenoxy) is 4. The Morgan fingerprint density at radius 2 is 1.81 bits per heavy atom. The Bertz CT molecular complexity index is 2140. The maximum Gasteiger partial charge on any atom is 0.472 e. The number of allylic oxidation sites excluding steroid dienone is 1. The molecule has 1 amide bonds. The second kappa shape index (κ2) is 18.6. The van der Waals surface area contributed by atoms with Gasteiger partial charge in [-0.1, -0.05) is 6.08 Å². The fraction of sp³-hybridized carbons (Fsp3) is 0.594. The fourth-order valence-corrected chi connectivity index (χ4v) is 7.36. The monoisotopic (exact) mass is 875 g/mol. The van der Waals surface area contributed by atoms with Gasteiger partial charge >= 0.3 is 27.3 Å². The Balaban J connectivity index is 1.39. The maximum atomic E-state index is 13.9. The minimum Gasteiger partial charge on any atom is -0.455 e. The number of phosphoric ester groups is 2. The first kappa shape index (κ1) is 45.8. The van der Waals surface area contributed by atoms with E-state index in [2.05, 4.69) is 31.0 Å². The standard InChI is InChI=1S/C32H47N9O16P2/c1-6-7-8-22(42)39(5)17(12-51-32(2,3)4)30(44)56-26-20(55-29(25(26)43)41-16-37-24-27(34)35-15-36-28(24)41)14-53-59(49,50)57-18-11-23(40-10-9-21(33)38-31(40)45)54-19(18)13-52-58(46,47)48/h6,9-10,15-20,23,25-26,29,43H,1,7-8,11-14H2,2-5H3,(H,49,50)(H2,33,38,45)(H2,34,35,36)(H2,46,47,48)/t17-,18?,19+,20+,23?,25+,26+,29?/m0/s1. The normalized spacial score (nSPS) is 25.1. The Labute approximate surface area is 336 Å². The first-order valence-corrected chi connectivity index (χ1v) is 20.9. The van der Waals surface area contributed by atoms with E-state index in [-0.39, 0.29) is 42.2 Å². The lowest BCUT2D eigenvalue weighted by Gasteiger charge is -2.31. The minimum atomic E-state index is -5.22. The van der Waals surface area contributed by atoms with E-state index < -0.39 is 101 Å². The smallest absolute Gasteiger partial charge is 0.455 e. The molecule has 2 aliphatic rings. The molecule has 3 aromatic rings. The topological polar surface area (TPSA) is 348 Å². The Hall–Kier alpha value is -4.23. The van der Waals surface area contributed by atoms with Crippen molar-refractivity contribution in [2.45, 2.75) is 94.7 Å². The van der Waals surface area contributed by atoms with Crippen molar-refractivity contribution < 1.29 is 71.0 Å². The molecule has 0 radical (unpaired) electrons. The summed E-state index contributed by atoms with van der Waals surface area (Å²) in [5.74, 6) is -1.56. The number of amides is 1. The summed E-state index contributed by atoms with van der Waals surface area (Å²) in [4.78, 5) is 86.0. The number of aliphatic hydroxyl groups excluding tert-OH is 1. The number of imidazole rings is 1. The van der Waals surface area contributed by atoms with Crippen LogP contribution in [0.3, 0.4) is 0 Å². The number of esters is 1. The molecule has 27 heteroatoms. The molecule has 5 heterocycles. The molecule has 0 saturated carbocycles. The molecule has 0 aromatic carbocycles. The van der Waals surface area contributed by atoms with Gasteiger partial charge in [-0.15, -0.1) is 6.58 Å². The fourth-order valence-electron chi connectivity index (χ4n) is 6.06. The third-order valence-corrected chi connectivity index (χ3v) is 10.5. The average Bonchev–Trinajstić information content (AvgIpc) is 3.83. The van der Waals surface area contributed by atoms with E-state index in [1.807, 2.05) is 0 Å². The van der Waals surface area contributed by atoms with Crippen LogP contribution in [-0.2, 0) is 51.2 Å².